The van der Waals surface area contributed by atoms with E-state index in [0.29, 0.717) is 23.5 Å². The third-order valence-electron chi connectivity index (χ3n) is 4.64. The monoisotopic (exact) mass is 407 g/mol. The Balaban J connectivity index is 1.65. The fraction of sp³-hybridized carbons (Fsp3) is 0.136. The molecule has 0 radical (unpaired) electrons. The normalized spacial score (nSPS) is 12.5. The molecule has 0 atom stereocenters. The summed E-state index contributed by atoms with van der Waals surface area (Å²) < 4.78 is 19.1. The molecule has 3 heterocycles. The Kier molecular flexibility index (Phi) is 5.22. The number of Topliss-reactive ketones (excluding diaryl/α,β-unsaturated/α-hetero) is 1. The fourth-order valence-corrected chi connectivity index (χ4v) is 3.93. The highest BCUT2D eigenvalue weighted by atomic mass is 32.1. The third kappa shape index (κ3) is 4.09. The molecule has 1 aromatic carbocycles. The number of anilines is 1. The van der Waals surface area contributed by atoms with E-state index in [9.17, 15) is 14.0 Å². The quantitative estimate of drug-likeness (QED) is 0.504. The van der Waals surface area contributed by atoms with Crippen LogP contribution in [0, 0.1) is 12.7 Å². The summed E-state index contributed by atoms with van der Waals surface area (Å²) in [6, 6.07) is 9.76. The van der Waals surface area contributed by atoms with Gasteiger partial charge in [0, 0.05) is 18.3 Å². The minimum atomic E-state index is -0.701. The Morgan fingerprint density at radius 3 is 2.72 bits per heavy atom. The number of allylic oxidation sites excluding steroid dienone is 3. The summed E-state index contributed by atoms with van der Waals surface area (Å²) in [5.74, 6) is -1.61. The molecule has 2 aromatic heterocycles. The van der Waals surface area contributed by atoms with Crippen molar-refractivity contribution in [3.05, 3.63) is 88.7 Å². The third-order valence-corrected chi connectivity index (χ3v) is 5.43. The van der Waals surface area contributed by atoms with Crippen molar-refractivity contribution in [1.82, 2.24) is 8.94 Å². The summed E-state index contributed by atoms with van der Waals surface area (Å²) >= 11 is 1.14. The van der Waals surface area contributed by atoms with Gasteiger partial charge in [-0.3, -0.25) is 9.59 Å². The Bertz CT molecular complexity index is 1140. The van der Waals surface area contributed by atoms with Gasteiger partial charge < -0.3 is 9.88 Å². The first-order valence-corrected chi connectivity index (χ1v) is 9.88. The fourth-order valence-electron chi connectivity index (χ4n) is 3.27. The summed E-state index contributed by atoms with van der Waals surface area (Å²) in [6.07, 6.45) is 8.69. The van der Waals surface area contributed by atoms with Crippen molar-refractivity contribution in [3.8, 4) is 0 Å². The second-order valence-electron chi connectivity index (χ2n) is 6.76. The van der Waals surface area contributed by atoms with Crippen LogP contribution in [0.25, 0.3) is 6.20 Å². The topological polar surface area (TPSA) is 64.0 Å². The standard InChI is InChI=1S/C22H18FN3O2S/c1-14-11-20(29-25-14)24-22(28)21(27)19-13-16(12-15-6-8-17(23)9-7-15)18-5-3-2-4-10-26(18)19/h2-4,6-11,13H,5,12H2,1H3,(H,24,28). The highest BCUT2D eigenvalue weighted by Crippen LogP contribution is 2.24. The van der Waals surface area contributed by atoms with Gasteiger partial charge in [-0.1, -0.05) is 24.3 Å². The van der Waals surface area contributed by atoms with Crippen molar-refractivity contribution in [2.45, 2.75) is 19.8 Å². The molecule has 4 rings (SSSR count). The highest BCUT2D eigenvalue weighted by Gasteiger charge is 2.24. The van der Waals surface area contributed by atoms with Crippen LogP contribution < -0.4 is 5.32 Å². The summed E-state index contributed by atoms with van der Waals surface area (Å²) in [5.41, 5.74) is 3.88. The van der Waals surface area contributed by atoms with Crippen LogP contribution in [0.2, 0.25) is 0 Å². The number of fused-ring (bicyclic) bond motifs is 1. The predicted molar refractivity (Wildman–Crippen MR) is 112 cm³/mol. The number of rotatable bonds is 5. The first-order valence-electron chi connectivity index (χ1n) is 9.11. The molecule has 0 aliphatic carbocycles. The van der Waals surface area contributed by atoms with E-state index in [0.717, 1.165) is 34.0 Å². The van der Waals surface area contributed by atoms with Crippen molar-refractivity contribution in [1.29, 1.82) is 0 Å². The molecule has 0 spiro atoms. The van der Waals surface area contributed by atoms with E-state index < -0.39 is 11.7 Å². The summed E-state index contributed by atoms with van der Waals surface area (Å²) in [7, 11) is 0. The van der Waals surface area contributed by atoms with E-state index in [1.165, 1.54) is 12.1 Å². The van der Waals surface area contributed by atoms with Crippen LogP contribution in [-0.2, 0) is 17.6 Å². The van der Waals surface area contributed by atoms with Gasteiger partial charge in [-0.25, -0.2) is 4.39 Å². The molecule has 3 aromatic rings. The van der Waals surface area contributed by atoms with Crippen LogP contribution in [0.15, 0.2) is 54.6 Å². The summed E-state index contributed by atoms with van der Waals surface area (Å²) in [5, 5.41) is 3.16. The number of nitrogens with zero attached hydrogens (tertiary/aromatic N) is 2. The van der Waals surface area contributed by atoms with E-state index in [1.54, 1.807) is 35.0 Å². The van der Waals surface area contributed by atoms with Crippen LogP contribution in [0.3, 0.4) is 0 Å². The van der Waals surface area contributed by atoms with Gasteiger partial charge >= 0.3 is 0 Å². The van der Waals surface area contributed by atoms with Gasteiger partial charge in [-0.05, 0) is 66.3 Å². The minimum absolute atomic E-state index is 0.291. The SMILES string of the molecule is Cc1cc(NC(=O)C(=O)c2cc(Cc3ccc(F)cc3)c3n2C=CC=CC3)sn1. The van der Waals surface area contributed by atoms with Crippen molar-refractivity contribution < 1.29 is 14.0 Å². The number of halogens is 1. The van der Waals surface area contributed by atoms with Crippen molar-refractivity contribution in [2.75, 3.05) is 5.32 Å². The smallest absolute Gasteiger partial charge is 0.299 e. The first-order chi connectivity index (χ1) is 14.0. The Morgan fingerprint density at radius 1 is 1.21 bits per heavy atom. The first kappa shape index (κ1) is 19.0. The lowest BCUT2D eigenvalue weighted by atomic mass is 10.0. The number of hydrogen-bond acceptors (Lipinski definition) is 4. The Hall–Kier alpha value is -3.32. The maximum absolute atomic E-state index is 13.2. The van der Waals surface area contributed by atoms with Crippen LogP contribution in [0.4, 0.5) is 9.39 Å². The van der Waals surface area contributed by atoms with Crippen molar-refractivity contribution >= 4 is 34.4 Å². The molecular weight excluding hydrogens is 389 g/mol. The number of aryl methyl sites for hydroxylation is 1. The van der Waals surface area contributed by atoms with E-state index in [1.807, 2.05) is 25.2 Å². The van der Waals surface area contributed by atoms with Gasteiger partial charge in [0.05, 0.1) is 11.4 Å². The zero-order valence-corrected chi connectivity index (χ0v) is 16.5. The number of benzene rings is 1. The molecule has 146 valence electrons. The van der Waals surface area contributed by atoms with Gasteiger partial charge in [0.15, 0.2) is 0 Å². The number of amides is 1. The minimum Gasteiger partial charge on any atom is -0.317 e. The Labute approximate surface area is 171 Å². The van der Waals surface area contributed by atoms with Gasteiger partial charge in [0.1, 0.15) is 10.8 Å². The molecule has 1 aliphatic rings. The number of carbonyl (C=O) groups is 2. The van der Waals surface area contributed by atoms with Crippen molar-refractivity contribution in [2.24, 2.45) is 0 Å². The van der Waals surface area contributed by atoms with Crippen LogP contribution in [0.5, 0.6) is 0 Å². The molecule has 0 bridgehead atoms. The largest absolute Gasteiger partial charge is 0.317 e. The molecule has 29 heavy (non-hydrogen) atoms. The molecular formula is C22H18FN3O2S. The number of hydrogen-bond donors (Lipinski definition) is 1. The average Bonchev–Trinajstić information content (AvgIpc) is 3.16. The van der Waals surface area contributed by atoms with Gasteiger partial charge in [-0.2, -0.15) is 4.37 Å². The molecule has 0 unspecified atom stereocenters. The van der Waals surface area contributed by atoms with E-state index in [-0.39, 0.29) is 5.82 Å². The second kappa shape index (κ2) is 7.97. The van der Waals surface area contributed by atoms with E-state index in [4.69, 9.17) is 0 Å². The van der Waals surface area contributed by atoms with Crippen LogP contribution >= 0.6 is 11.5 Å². The Morgan fingerprint density at radius 2 is 2.00 bits per heavy atom. The maximum atomic E-state index is 13.2. The lowest BCUT2D eigenvalue weighted by Gasteiger charge is -2.07. The number of aromatic nitrogens is 2. The number of nitrogens with one attached hydrogen (secondary N) is 1. The van der Waals surface area contributed by atoms with E-state index in [2.05, 4.69) is 9.69 Å². The maximum Gasteiger partial charge on any atom is 0.299 e. The van der Waals surface area contributed by atoms with Gasteiger partial charge in [0.25, 0.3) is 11.7 Å². The number of ketones is 1. The van der Waals surface area contributed by atoms with Crippen LogP contribution in [-0.4, -0.2) is 20.6 Å². The van der Waals surface area contributed by atoms with Crippen molar-refractivity contribution in [3.63, 3.8) is 0 Å². The highest BCUT2D eigenvalue weighted by molar-refractivity contribution is 7.10. The van der Waals surface area contributed by atoms with Gasteiger partial charge in [-0.15, -0.1) is 0 Å². The number of carbonyl (C=O) groups excluding carboxylic acids is 2. The molecule has 0 fully saturated rings. The predicted octanol–water partition coefficient (Wildman–Crippen LogP) is 4.39. The summed E-state index contributed by atoms with van der Waals surface area (Å²) in [4.78, 5) is 25.4. The molecule has 5 nitrogen and oxygen atoms in total. The molecule has 7 heteroatoms. The van der Waals surface area contributed by atoms with Gasteiger partial charge in [0.2, 0.25) is 0 Å². The summed E-state index contributed by atoms with van der Waals surface area (Å²) in [6.45, 7) is 1.82. The second-order valence-corrected chi connectivity index (χ2v) is 7.57. The van der Waals surface area contributed by atoms with Crippen LogP contribution in [0.1, 0.15) is 33.0 Å². The molecule has 1 amide bonds. The molecule has 0 saturated carbocycles. The lowest BCUT2D eigenvalue weighted by molar-refractivity contribution is -0.112. The zero-order valence-electron chi connectivity index (χ0n) is 15.7. The van der Waals surface area contributed by atoms with E-state index >= 15 is 0 Å². The molecule has 0 saturated heterocycles. The average molecular weight is 407 g/mol. The zero-order chi connectivity index (χ0) is 20.4. The molecule has 1 N–H and O–H groups in total. The molecule has 1 aliphatic heterocycles. The lowest BCUT2D eigenvalue weighted by Crippen LogP contribution is -2.24.